The van der Waals surface area contributed by atoms with Crippen LogP contribution in [0.1, 0.15) is 38.7 Å². The molecule has 1 aliphatic carbocycles. The SMILES string of the molecule is CCOC(=O)[C@H]1C(=O)C[C@@](C)(O)[C@@H](C(=O)OCC)[C@@H]1c1ccc([N+](=O)[O-])cc1. The fourth-order valence-electron chi connectivity index (χ4n) is 3.70. The van der Waals surface area contributed by atoms with E-state index in [0.29, 0.717) is 5.56 Å². The summed E-state index contributed by atoms with van der Waals surface area (Å²) in [6, 6.07) is 5.17. The van der Waals surface area contributed by atoms with E-state index in [-0.39, 0.29) is 18.9 Å². The zero-order chi connectivity index (χ0) is 21.1. The lowest BCUT2D eigenvalue weighted by molar-refractivity contribution is -0.384. The molecular weight excluding hydrogens is 370 g/mol. The van der Waals surface area contributed by atoms with Crippen molar-refractivity contribution in [1.29, 1.82) is 0 Å². The predicted molar refractivity (Wildman–Crippen MR) is 96.3 cm³/mol. The van der Waals surface area contributed by atoms with E-state index in [4.69, 9.17) is 9.47 Å². The summed E-state index contributed by atoms with van der Waals surface area (Å²) >= 11 is 0. The van der Waals surface area contributed by atoms with Crippen LogP contribution in [0.25, 0.3) is 0 Å². The predicted octanol–water partition coefficient (Wildman–Crippen LogP) is 1.76. The molecule has 1 N–H and O–H groups in total. The molecule has 0 spiro atoms. The second kappa shape index (κ2) is 8.47. The molecule has 0 radical (unpaired) electrons. The van der Waals surface area contributed by atoms with Gasteiger partial charge in [0.15, 0.2) is 5.78 Å². The van der Waals surface area contributed by atoms with Crippen LogP contribution in [0.5, 0.6) is 0 Å². The van der Waals surface area contributed by atoms with Gasteiger partial charge >= 0.3 is 11.9 Å². The van der Waals surface area contributed by atoms with Gasteiger partial charge < -0.3 is 14.6 Å². The largest absolute Gasteiger partial charge is 0.466 e. The number of hydrogen-bond acceptors (Lipinski definition) is 8. The fraction of sp³-hybridized carbons (Fsp3) is 0.526. The number of carbonyl (C=O) groups is 3. The van der Waals surface area contributed by atoms with E-state index in [9.17, 15) is 29.6 Å². The maximum absolute atomic E-state index is 12.7. The molecule has 9 heteroatoms. The lowest BCUT2D eigenvalue weighted by atomic mass is 9.61. The molecule has 2 rings (SSSR count). The van der Waals surface area contributed by atoms with E-state index in [2.05, 4.69) is 0 Å². The Morgan fingerprint density at radius 3 is 2.21 bits per heavy atom. The minimum Gasteiger partial charge on any atom is -0.466 e. The molecule has 0 aromatic heterocycles. The standard InChI is InChI=1S/C19H23NO8/c1-4-27-17(22)15-13(21)10-19(3,24)16(18(23)28-5-2)14(15)11-6-8-12(9-7-11)20(25)26/h6-9,14-16,24H,4-5,10H2,1-3H3/t14-,15+,16-,19-/m1/s1. The lowest BCUT2D eigenvalue weighted by Crippen LogP contribution is -2.55. The molecular formula is C19H23NO8. The van der Waals surface area contributed by atoms with Crippen molar-refractivity contribution >= 4 is 23.4 Å². The Hall–Kier alpha value is -2.81. The van der Waals surface area contributed by atoms with Gasteiger partial charge in [-0.2, -0.15) is 0 Å². The van der Waals surface area contributed by atoms with Gasteiger partial charge in [-0.3, -0.25) is 24.5 Å². The molecule has 0 unspecified atom stereocenters. The van der Waals surface area contributed by atoms with E-state index >= 15 is 0 Å². The van der Waals surface area contributed by atoms with E-state index in [1.165, 1.54) is 31.2 Å². The number of benzene rings is 1. The minimum atomic E-state index is -1.75. The molecule has 0 amide bonds. The Balaban J connectivity index is 2.61. The van der Waals surface area contributed by atoms with E-state index in [1.807, 2.05) is 0 Å². The van der Waals surface area contributed by atoms with Crippen LogP contribution in [0, 0.1) is 22.0 Å². The first-order chi connectivity index (χ1) is 13.1. The normalized spacial score (nSPS) is 27.1. The first-order valence-corrected chi connectivity index (χ1v) is 8.96. The first-order valence-electron chi connectivity index (χ1n) is 8.96. The quantitative estimate of drug-likeness (QED) is 0.334. The minimum absolute atomic E-state index is 0.0378. The van der Waals surface area contributed by atoms with Crippen molar-refractivity contribution < 1.29 is 33.9 Å². The molecule has 0 heterocycles. The topological polar surface area (TPSA) is 133 Å². The molecule has 152 valence electrons. The van der Waals surface area contributed by atoms with Gasteiger partial charge in [-0.1, -0.05) is 12.1 Å². The third-order valence-corrected chi connectivity index (χ3v) is 4.84. The number of nitrogens with zero attached hydrogens (tertiary/aromatic N) is 1. The summed E-state index contributed by atoms with van der Waals surface area (Å²) in [6.07, 6.45) is -0.413. The van der Waals surface area contributed by atoms with Crippen molar-refractivity contribution in [2.24, 2.45) is 11.8 Å². The zero-order valence-corrected chi connectivity index (χ0v) is 15.9. The third-order valence-electron chi connectivity index (χ3n) is 4.84. The number of hydrogen-bond donors (Lipinski definition) is 1. The molecule has 1 aromatic rings. The van der Waals surface area contributed by atoms with Gasteiger partial charge in [0.1, 0.15) is 5.92 Å². The molecule has 1 aliphatic rings. The van der Waals surface area contributed by atoms with Crippen molar-refractivity contribution in [2.45, 2.75) is 38.7 Å². The monoisotopic (exact) mass is 393 g/mol. The van der Waals surface area contributed by atoms with Crippen LogP contribution in [0.15, 0.2) is 24.3 Å². The summed E-state index contributed by atoms with van der Waals surface area (Å²) in [6.45, 7) is 4.62. The summed E-state index contributed by atoms with van der Waals surface area (Å²) in [7, 11) is 0. The number of nitro groups is 1. The average Bonchev–Trinajstić information content (AvgIpc) is 2.60. The Morgan fingerprint density at radius 2 is 1.71 bits per heavy atom. The van der Waals surface area contributed by atoms with Crippen LogP contribution in [0.2, 0.25) is 0 Å². The maximum Gasteiger partial charge on any atom is 0.317 e. The van der Waals surface area contributed by atoms with E-state index in [1.54, 1.807) is 13.8 Å². The summed E-state index contributed by atoms with van der Waals surface area (Å²) in [5.74, 6) is -5.74. The number of Topliss-reactive ketones (excluding diaryl/α,β-unsaturated/α-hetero) is 1. The second-order valence-corrected chi connectivity index (χ2v) is 6.83. The highest BCUT2D eigenvalue weighted by Gasteiger charge is 2.57. The number of aliphatic hydroxyl groups is 1. The average molecular weight is 393 g/mol. The Kier molecular flexibility index (Phi) is 6.50. The Morgan fingerprint density at radius 1 is 1.18 bits per heavy atom. The molecule has 4 atom stereocenters. The molecule has 0 bridgehead atoms. The van der Waals surface area contributed by atoms with Crippen molar-refractivity contribution in [3.63, 3.8) is 0 Å². The molecule has 9 nitrogen and oxygen atoms in total. The van der Waals surface area contributed by atoms with Gasteiger partial charge in [-0.05, 0) is 26.3 Å². The number of ketones is 1. The van der Waals surface area contributed by atoms with Crippen LogP contribution in [-0.4, -0.2) is 46.6 Å². The van der Waals surface area contributed by atoms with Gasteiger partial charge in [-0.15, -0.1) is 0 Å². The summed E-state index contributed by atoms with van der Waals surface area (Å²) in [5, 5.41) is 21.7. The molecule has 1 aromatic carbocycles. The number of esters is 2. The molecule has 1 saturated carbocycles. The van der Waals surface area contributed by atoms with Gasteiger partial charge in [0.2, 0.25) is 0 Å². The van der Waals surface area contributed by atoms with Crippen LogP contribution in [0.4, 0.5) is 5.69 Å². The summed E-state index contributed by atoms with van der Waals surface area (Å²) in [5.41, 5.74) is -1.60. The maximum atomic E-state index is 12.7. The smallest absolute Gasteiger partial charge is 0.317 e. The van der Waals surface area contributed by atoms with Crippen LogP contribution < -0.4 is 0 Å². The highest BCUT2D eigenvalue weighted by atomic mass is 16.6. The van der Waals surface area contributed by atoms with Crippen molar-refractivity contribution in [2.75, 3.05) is 13.2 Å². The van der Waals surface area contributed by atoms with Crippen molar-refractivity contribution in [1.82, 2.24) is 0 Å². The summed E-state index contributed by atoms with van der Waals surface area (Å²) in [4.78, 5) is 48.2. The van der Waals surface area contributed by atoms with Crippen molar-refractivity contribution in [3.8, 4) is 0 Å². The Labute approximate surface area is 161 Å². The van der Waals surface area contributed by atoms with E-state index in [0.717, 1.165) is 0 Å². The number of rotatable bonds is 6. The third kappa shape index (κ3) is 4.19. The molecule has 0 saturated heterocycles. The number of carbonyl (C=O) groups excluding carboxylic acids is 3. The second-order valence-electron chi connectivity index (χ2n) is 6.83. The number of ether oxygens (including phenoxy) is 2. The Bertz CT molecular complexity index is 771. The molecule has 0 aliphatic heterocycles. The van der Waals surface area contributed by atoms with Gasteiger partial charge in [-0.25, -0.2) is 0 Å². The van der Waals surface area contributed by atoms with Gasteiger partial charge in [0.05, 0.1) is 29.7 Å². The first kappa shape index (κ1) is 21.5. The highest BCUT2D eigenvalue weighted by Crippen LogP contribution is 2.46. The lowest BCUT2D eigenvalue weighted by Gasteiger charge is -2.43. The molecule has 1 fully saturated rings. The molecule has 28 heavy (non-hydrogen) atoms. The van der Waals surface area contributed by atoms with E-state index < -0.39 is 52.4 Å². The zero-order valence-electron chi connectivity index (χ0n) is 15.9. The highest BCUT2D eigenvalue weighted by molar-refractivity contribution is 6.02. The van der Waals surface area contributed by atoms with Crippen LogP contribution in [0.3, 0.4) is 0 Å². The van der Waals surface area contributed by atoms with Crippen molar-refractivity contribution in [3.05, 3.63) is 39.9 Å². The number of nitro benzene ring substituents is 1. The van der Waals surface area contributed by atoms with Crippen LogP contribution in [-0.2, 0) is 23.9 Å². The van der Waals surface area contributed by atoms with Gasteiger partial charge in [0.25, 0.3) is 5.69 Å². The summed E-state index contributed by atoms with van der Waals surface area (Å²) < 4.78 is 10.1. The van der Waals surface area contributed by atoms with Crippen LogP contribution >= 0.6 is 0 Å². The number of non-ortho nitro benzene ring substituents is 1. The fourth-order valence-corrected chi connectivity index (χ4v) is 3.70. The van der Waals surface area contributed by atoms with Gasteiger partial charge in [0, 0.05) is 24.5 Å².